The van der Waals surface area contributed by atoms with E-state index in [9.17, 15) is 0 Å². The summed E-state index contributed by atoms with van der Waals surface area (Å²) in [5, 5.41) is 6.90. The van der Waals surface area contributed by atoms with Gasteiger partial charge in [0.2, 0.25) is 0 Å². The molecule has 13 rings (SSSR count). The number of para-hydroxylation sites is 4. The fourth-order valence-electron chi connectivity index (χ4n) is 9.82. The Balaban J connectivity index is 0.901. The molecule has 64 heavy (non-hydrogen) atoms. The highest BCUT2D eigenvalue weighted by Gasteiger charge is 2.21. The first-order valence-electron chi connectivity index (χ1n) is 21.7. The van der Waals surface area contributed by atoms with Crippen molar-refractivity contribution in [1.82, 2.24) is 4.57 Å². The van der Waals surface area contributed by atoms with Crippen molar-refractivity contribution >= 4 is 82.7 Å². The van der Waals surface area contributed by atoms with E-state index in [1.807, 2.05) is 18.2 Å². The van der Waals surface area contributed by atoms with Crippen molar-refractivity contribution in [2.75, 3.05) is 4.90 Å². The van der Waals surface area contributed by atoms with Crippen molar-refractivity contribution in [3.05, 3.63) is 231 Å². The van der Waals surface area contributed by atoms with Gasteiger partial charge in [0, 0.05) is 49.6 Å². The summed E-state index contributed by atoms with van der Waals surface area (Å²) in [5.41, 5.74) is 17.0. The van der Waals surface area contributed by atoms with Crippen LogP contribution in [0.1, 0.15) is 0 Å². The third kappa shape index (κ3) is 5.77. The SMILES string of the molecule is c1ccc(-c2cccc3c2oc2ccc(-c4ccc(N(c5ccc(-c6cccc(-n7c8ccccc8c8ccccc87)c6)cc5)c5cccc6oc7ccccc7c56)cc4)cc23)cc1. The van der Waals surface area contributed by atoms with Gasteiger partial charge in [0.1, 0.15) is 22.3 Å². The van der Waals surface area contributed by atoms with Crippen molar-refractivity contribution in [3.8, 4) is 39.1 Å². The zero-order valence-corrected chi connectivity index (χ0v) is 34.7. The van der Waals surface area contributed by atoms with E-state index < -0.39 is 0 Å². The van der Waals surface area contributed by atoms with Crippen LogP contribution in [-0.4, -0.2) is 4.57 Å². The van der Waals surface area contributed by atoms with E-state index >= 15 is 0 Å². The second-order valence-electron chi connectivity index (χ2n) is 16.5. The van der Waals surface area contributed by atoms with Gasteiger partial charge in [0.05, 0.1) is 22.1 Å². The zero-order valence-electron chi connectivity index (χ0n) is 34.7. The van der Waals surface area contributed by atoms with Crippen LogP contribution in [0.3, 0.4) is 0 Å². The minimum atomic E-state index is 0.856. The maximum absolute atomic E-state index is 6.51. The number of rotatable bonds is 7. The standard InChI is InChI=1S/C60H38N2O2/c1-2-13-41(14-3-1)47-20-11-21-50-52-38-43(31-36-57(52)64-60(47)50)40-29-34-45(35-30-40)61(55-24-12-26-58-59(55)51-19-6-9-25-56(51)63-58)44-32-27-39(28-33-44)42-15-10-16-46(37-42)62-53-22-7-4-17-48(53)49-18-5-8-23-54(49)62/h1-38H. The molecule has 4 nitrogen and oxygen atoms in total. The summed E-state index contributed by atoms with van der Waals surface area (Å²) >= 11 is 0. The lowest BCUT2D eigenvalue weighted by Crippen LogP contribution is -2.10. The molecule has 0 bridgehead atoms. The molecular weight excluding hydrogens is 781 g/mol. The lowest BCUT2D eigenvalue weighted by Gasteiger charge is -2.26. The molecule has 0 unspecified atom stereocenters. The summed E-state index contributed by atoms with van der Waals surface area (Å²) in [7, 11) is 0. The van der Waals surface area contributed by atoms with E-state index in [4.69, 9.17) is 8.83 Å². The number of nitrogens with zero attached hydrogens (tertiary/aromatic N) is 2. The number of fused-ring (bicyclic) bond motifs is 9. The first-order chi connectivity index (χ1) is 31.7. The summed E-state index contributed by atoms with van der Waals surface area (Å²) in [4.78, 5) is 2.35. The van der Waals surface area contributed by atoms with Gasteiger partial charge in [0.15, 0.2) is 0 Å². The molecule has 4 heteroatoms. The number of hydrogen-bond donors (Lipinski definition) is 0. The van der Waals surface area contributed by atoms with Crippen molar-refractivity contribution in [3.63, 3.8) is 0 Å². The Kier molecular flexibility index (Phi) is 8.18. The van der Waals surface area contributed by atoms with Crippen LogP contribution in [0.25, 0.3) is 105 Å². The third-order valence-electron chi connectivity index (χ3n) is 12.8. The molecule has 3 heterocycles. The number of benzene rings is 10. The predicted molar refractivity (Wildman–Crippen MR) is 266 cm³/mol. The van der Waals surface area contributed by atoms with E-state index in [0.717, 1.165) is 100 Å². The third-order valence-corrected chi connectivity index (χ3v) is 12.8. The molecule has 0 saturated heterocycles. The molecule has 13 aromatic rings. The van der Waals surface area contributed by atoms with Gasteiger partial charge in [-0.15, -0.1) is 0 Å². The van der Waals surface area contributed by atoms with Gasteiger partial charge in [-0.2, -0.15) is 0 Å². The van der Waals surface area contributed by atoms with Gasteiger partial charge in [-0.1, -0.05) is 152 Å². The Labute approximate surface area is 369 Å². The highest BCUT2D eigenvalue weighted by atomic mass is 16.3. The van der Waals surface area contributed by atoms with Crippen LogP contribution in [0.4, 0.5) is 17.1 Å². The molecular formula is C60H38N2O2. The molecule has 300 valence electrons. The fraction of sp³-hybridized carbons (Fsp3) is 0. The van der Waals surface area contributed by atoms with Gasteiger partial charge in [-0.05, 0) is 107 Å². The minimum absolute atomic E-state index is 0.856. The van der Waals surface area contributed by atoms with Crippen LogP contribution < -0.4 is 4.90 Å². The van der Waals surface area contributed by atoms with Crippen molar-refractivity contribution in [2.24, 2.45) is 0 Å². The smallest absolute Gasteiger partial charge is 0.143 e. The Hall–Kier alpha value is -8.60. The highest BCUT2D eigenvalue weighted by Crippen LogP contribution is 2.44. The molecule has 0 aliphatic rings. The molecule has 3 aromatic heterocycles. The molecule has 0 spiro atoms. The monoisotopic (exact) mass is 818 g/mol. The van der Waals surface area contributed by atoms with Crippen LogP contribution in [0.15, 0.2) is 239 Å². The Bertz CT molecular complexity index is 3840. The Morgan fingerprint density at radius 3 is 1.61 bits per heavy atom. The molecule has 0 atom stereocenters. The lowest BCUT2D eigenvalue weighted by atomic mass is 10.00. The number of aromatic nitrogens is 1. The molecule has 10 aromatic carbocycles. The van der Waals surface area contributed by atoms with Crippen LogP contribution in [-0.2, 0) is 0 Å². The summed E-state index contributed by atoms with van der Waals surface area (Å²) in [6, 6.07) is 82.1. The van der Waals surface area contributed by atoms with Gasteiger partial charge < -0.3 is 18.3 Å². The zero-order chi connectivity index (χ0) is 42.1. The van der Waals surface area contributed by atoms with Crippen molar-refractivity contribution in [2.45, 2.75) is 0 Å². The summed E-state index contributed by atoms with van der Waals surface area (Å²) < 4.78 is 15.3. The van der Waals surface area contributed by atoms with Crippen LogP contribution >= 0.6 is 0 Å². The van der Waals surface area contributed by atoms with Gasteiger partial charge in [-0.25, -0.2) is 0 Å². The second-order valence-corrected chi connectivity index (χ2v) is 16.5. The largest absolute Gasteiger partial charge is 0.456 e. The van der Waals surface area contributed by atoms with E-state index in [-0.39, 0.29) is 0 Å². The Morgan fingerprint density at radius 2 is 0.875 bits per heavy atom. The van der Waals surface area contributed by atoms with Crippen molar-refractivity contribution < 1.29 is 8.83 Å². The van der Waals surface area contributed by atoms with Crippen LogP contribution in [0.2, 0.25) is 0 Å². The van der Waals surface area contributed by atoms with E-state index in [1.165, 1.54) is 21.8 Å². The molecule has 0 aliphatic heterocycles. The van der Waals surface area contributed by atoms with Gasteiger partial charge in [-0.3, -0.25) is 0 Å². The summed E-state index contributed by atoms with van der Waals surface area (Å²) in [6.45, 7) is 0. The fourth-order valence-corrected chi connectivity index (χ4v) is 9.82. The van der Waals surface area contributed by atoms with Crippen LogP contribution in [0, 0.1) is 0 Å². The summed E-state index contributed by atoms with van der Waals surface area (Å²) in [5.74, 6) is 0. The van der Waals surface area contributed by atoms with E-state index in [0.29, 0.717) is 0 Å². The molecule has 0 saturated carbocycles. The second kappa shape index (κ2) is 14.5. The average molecular weight is 819 g/mol. The first-order valence-corrected chi connectivity index (χ1v) is 21.7. The van der Waals surface area contributed by atoms with Gasteiger partial charge in [0.25, 0.3) is 0 Å². The number of furan rings is 2. The highest BCUT2D eigenvalue weighted by molar-refractivity contribution is 6.14. The van der Waals surface area contributed by atoms with Crippen LogP contribution in [0.5, 0.6) is 0 Å². The normalized spacial score (nSPS) is 11.8. The van der Waals surface area contributed by atoms with E-state index in [2.05, 4.69) is 222 Å². The maximum Gasteiger partial charge on any atom is 0.143 e. The number of hydrogen-bond acceptors (Lipinski definition) is 3. The lowest BCUT2D eigenvalue weighted by molar-refractivity contribution is 0.669. The van der Waals surface area contributed by atoms with Crippen molar-refractivity contribution in [1.29, 1.82) is 0 Å². The number of anilines is 3. The summed E-state index contributed by atoms with van der Waals surface area (Å²) in [6.07, 6.45) is 0. The van der Waals surface area contributed by atoms with E-state index in [1.54, 1.807) is 0 Å². The Morgan fingerprint density at radius 1 is 0.328 bits per heavy atom. The average Bonchev–Trinajstić information content (AvgIpc) is 4.05. The predicted octanol–water partition coefficient (Wildman–Crippen LogP) is 17.1. The van der Waals surface area contributed by atoms with Gasteiger partial charge >= 0.3 is 0 Å². The maximum atomic E-state index is 6.51. The quantitative estimate of drug-likeness (QED) is 0.161. The topological polar surface area (TPSA) is 34.5 Å². The molecule has 0 aliphatic carbocycles. The molecule has 0 radical (unpaired) electrons. The molecule has 0 fully saturated rings. The molecule has 0 N–H and O–H groups in total. The molecule has 0 amide bonds. The minimum Gasteiger partial charge on any atom is -0.456 e. The first kappa shape index (κ1) is 36.1.